The first-order chi connectivity index (χ1) is 15.6. The van der Waals surface area contributed by atoms with E-state index in [1.54, 1.807) is 12.1 Å². The van der Waals surface area contributed by atoms with Crippen LogP contribution in [0.1, 0.15) is 5.69 Å². The van der Waals surface area contributed by atoms with Crippen molar-refractivity contribution in [1.82, 2.24) is 28.9 Å². The van der Waals surface area contributed by atoms with Crippen molar-refractivity contribution in [3.8, 4) is 5.69 Å². The van der Waals surface area contributed by atoms with Gasteiger partial charge in [0.05, 0.1) is 16.8 Å². The average molecular weight is 480 g/mol. The summed E-state index contributed by atoms with van der Waals surface area (Å²) in [5.41, 5.74) is -2.99. The number of nitrogens with one attached hydrogen (secondary N) is 1. The summed E-state index contributed by atoms with van der Waals surface area (Å²) < 4.78 is 41.6. The summed E-state index contributed by atoms with van der Waals surface area (Å²) in [5, 5.41) is 6.60. The molecule has 10 nitrogen and oxygen atoms in total. The van der Waals surface area contributed by atoms with Gasteiger partial charge in [-0.05, 0) is 30.3 Å². The fourth-order valence-corrected chi connectivity index (χ4v) is 3.32. The number of halogens is 4. The second kappa shape index (κ2) is 8.16. The number of nitrogens with zero attached hydrogens (tertiary/aromatic N) is 6. The molecule has 170 valence electrons. The van der Waals surface area contributed by atoms with Gasteiger partial charge in [-0.2, -0.15) is 18.3 Å². The van der Waals surface area contributed by atoms with Crippen molar-refractivity contribution in [2.45, 2.75) is 12.7 Å². The van der Waals surface area contributed by atoms with E-state index < -0.39 is 41.2 Å². The number of benzene rings is 1. The molecule has 0 aliphatic heterocycles. The van der Waals surface area contributed by atoms with Crippen LogP contribution in [-0.2, 0) is 24.6 Å². The normalized spacial score (nSPS) is 11.7. The Morgan fingerprint density at radius 2 is 1.94 bits per heavy atom. The zero-order valence-electron chi connectivity index (χ0n) is 16.7. The maximum atomic E-state index is 13.0. The van der Waals surface area contributed by atoms with E-state index in [-0.39, 0.29) is 11.1 Å². The van der Waals surface area contributed by atoms with Gasteiger partial charge in [-0.25, -0.2) is 19.4 Å². The van der Waals surface area contributed by atoms with E-state index in [1.165, 1.54) is 23.4 Å². The molecule has 0 saturated carbocycles. The first-order valence-electron chi connectivity index (χ1n) is 9.18. The number of anilines is 1. The average Bonchev–Trinajstić information content (AvgIpc) is 3.29. The predicted octanol–water partition coefficient (Wildman–Crippen LogP) is 1.99. The maximum absolute atomic E-state index is 13.0. The van der Waals surface area contributed by atoms with Crippen LogP contribution < -0.4 is 16.6 Å². The third kappa shape index (κ3) is 4.22. The van der Waals surface area contributed by atoms with Crippen molar-refractivity contribution in [1.29, 1.82) is 0 Å². The van der Waals surface area contributed by atoms with E-state index in [0.29, 0.717) is 21.3 Å². The van der Waals surface area contributed by atoms with Crippen LogP contribution in [0.25, 0.3) is 16.7 Å². The summed E-state index contributed by atoms with van der Waals surface area (Å²) in [4.78, 5) is 45.3. The van der Waals surface area contributed by atoms with Gasteiger partial charge >= 0.3 is 11.9 Å². The van der Waals surface area contributed by atoms with Crippen LogP contribution in [0.4, 0.5) is 18.9 Å². The van der Waals surface area contributed by atoms with Crippen LogP contribution in [0.5, 0.6) is 0 Å². The maximum Gasteiger partial charge on any atom is 0.433 e. The molecular formula is C19H13ClF3N7O3. The van der Waals surface area contributed by atoms with Crippen molar-refractivity contribution >= 4 is 34.2 Å². The fourth-order valence-electron chi connectivity index (χ4n) is 3.15. The number of hydrogen-bond donors (Lipinski definition) is 1. The Hall–Kier alpha value is -4.00. The molecule has 1 amide bonds. The quantitative estimate of drug-likeness (QED) is 0.478. The smallest absolute Gasteiger partial charge is 0.323 e. The molecule has 0 bridgehead atoms. The van der Waals surface area contributed by atoms with Crippen molar-refractivity contribution in [2.24, 2.45) is 7.05 Å². The lowest BCUT2D eigenvalue weighted by molar-refractivity contribution is -0.141. The standard InChI is InChI=1S/C19H13ClF3N7O3/c1-28-16-11(3-5-14(27-16)19(21,22)23)17(32)29(18(28)33)7-15(31)26-12-6-10(20)2-4-13(12)30-9-24-8-25-30/h2-6,8-9H,7H2,1H3,(H,26,31). The zero-order valence-corrected chi connectivity index (χ0v) is 17.4. The minimum absolute atomic E-state index is 0.236. The Balaban J connectivity index is 1.71. The van der Waals surface area contributed by atoms with E-state index in [2.05, 4.69) is 20.4 Å². The number of carbonyl (C=O) groups excluding carboxylic acids is 1. The molecule has 0 aliphatic carbocycles. The molecule has 0 aliphatic rings. The molecule has 0 saturated heterocycles. The number of aromatic nitrogens is 6. The summed E-state index contributed by atoms with van der Waals surface area (Å²) in [6, 6.07) is 6.15. The Labute approximate surface area is 186 Å². The molecule has 0 fully saturated rings. The summed E-state index contributed by atoms with van der Waals surface area (Å²) in [7, 11) is 1.16. The van der Waals surface area contributed by atoms with Gasteiger partial charge in [0, 0.05) is 12.1 Å². The molecule has 33 heavy (non-hydrogen) atoms. The first kappa shape index (κ1) is 22.2. The molecule has 3 heterocycles. The number of amides is 1. The van der Waals surface area contributed by atoms with Gasteiger partial charge in [0.2, 0.25) is 5.91 Å². The molecule has 0 spiro atoms. The van der Waals surface area contributed by atoms with Gasteiger partial charge in [-0.3, -0.25) is 18.7 Å². The molecule has 3 aromatic heterocycles. The Kier molecular flexibility index (Phi) is 5.49. The molecule has 1 aromatic carbocycles. The molecule has 0 unspecified atom stereocenters. The third-order valence-electron chi connectivity index (χ3n) is 4.68. The van der Waals surface area contributed by atoms with Crippen LogP contribution in [0.2, 0.25) is 5.02 Å². The van der Waals surface area contributed by atoms with Crippen LogP contribution in [0, 0.1) is 0 Å². The summed E-state index contributed by atoms with van der Waals surface area (Å²) in [6.07, 6.45) is -2.07. The highest BCUT2D eigenvalue weighted by Gasteiger charge is 2.33. The monoisotopic (exact) mass is 479 g/mol. The largest absolute Gasteiger partial charge is 0.433 e. The fraction of sp³-hybridized carbons (Fsp3) is 0.158. The zero-order chi connectivity index (χ0) is 23.9. The topological polar surface area (TPSA) is 117 Å². The molecule has 0 atom stereocenters. The number of hydrogen-bond acceptors (Lipinski definition) is 6. The number of rotatable bonds is 4. The number of carbonyl (C=O) groups is 1. The lowest BCUT2D eigenvalue weighted by Crippen LogP contribution is -2.42. The minimum atomic E-state index is -4.75. The number of alkyl halides is 3. The van der Waals surface area contributed by atoms with Crippen molar-refractivity contribution < 1.29 is 18.0 Å². The van der Waals surface area contributed by atoms with Crippen LogP contribution in [-0.4, -0.2) is 34.8 Å². The van der Waals surface area contributed by atoms with E-state index in [1.807, 2.05) is 0 Å². The van der Waals surface area contributed by atoms with Crippen molar-refractivity contribution in [3.05, 3.63) is 74.5 Å². The number of aryl methyl sites for hydroxylation is 1. The van der Waals surface area contributed by atoms with Gasteiger partial charge < -0.3 is 5.32 Å². The van der Waals surface area contributed by atoms with Gasteiger partial charge in [0.15, 0.2) is 0 Å². The second-order valence-corrected chi connectivity index (χ2v) is 7.28. The van der Waals surface area contributed by atoms with E-state index >= 15 is 0 Å². The molecule has 4 aromatic rings. The number of pyridine rings is 1. The molecule has 0 radical (unpaired) electrons. The lowest BCUT2D eigenvalue weighted by atomic mass is 10.2. The lowest BCUT2D eigenvalue weighted by Gasteiger charge is -2.14. The highest BCUT2D eigenvalue weighted by Crippen LogP contribution is 2.28. The van der Waals surface area contributed by atoms with E-state index in [0.717, 1.165) is 17.7 Å². The third-order valence-corrected chi connectivity index (χ3v) is 4.91. The Morgan fingerprint density at radius 1 is 1.18 bits per heavy atom. The second-order valence-electron chi connectivity index (χ2n) is 6.85. The van der Waals surface area contributed by atoms with Crippen LogP contribution in [0.15, 0.2) is 52.6 Å². The SMILES string of the molecule is Cn1c(=O)n(CC(=O)Nc2cc(Cl)ccc2-n2cncn2)c(=O)c2ccc(C(F)(F)F)nc21. The highest BCUT2D eigenvalue weighted by atomic mass is 35.5. The summed E-state index contributed by atoms with van der Waals surface area (Å²) in [5.74, 6) is -0.753. The minimum Gasteiger partial charge on any atom is -0.323 e. The Morgan fingerprint density at radius 3 is 2.61 bits per heavy atom. The molecular weight excluding hydrogens is 467 g/mol. The molecule has 14 heteroatoms. The van der Waals surface area contributed by atoms with Gasteiger partial charge in [0.25, 0.3) is 5.56 Å². The Bertz CT molecular complexity index is 1490. The molecule has 4 rings (SSSR count). The van der Waals surface area contributed by atoms with Crippen molar-refractivity contribution in [2.75, 3.05) is 5.32 Å². The number of fused-ring (bicyclic) bond motifs is 1. The van der Waals surface area contributed by atoms with Gasteiger partial charge in [-0.1, -0.05) is 11.6 Å². The first-order valence-corrected chi connectivity index (χ1v) is 9.56. The van der Waals surface area contributed by atoms with Gasteiger partial charge in [0.1, 0.15) is 30.5 Å². The summed E-state index contributed by atoms with van der Waals surface area (Å²) >= 11 is 6.01. The van der Waals surface area contributed by atoms with Crippen LogP contribution in [0.3, 0.4) is 0 Å². The predicted molar refractivity (Wildman–Crippen MR) is 111 cm³/mol. The van der Waals surface area contributed by atoms with Gasteiger partial charge in [-0.15, -0.1) is 0 Å². The summed E-state index contributed by atoms with van der Waals surface area (Å²) in [6.45, 7) is -0.703. The molecule has 1 N–H and O–H groups in total. The van der Waals surface area contributed by atoms with E-state index in [4.69, 9.17) is 11.6 Å². The van der Waals surface area contributed by atoms with Crippen LogP contribution >= 0.6 is 11.6 Å². The van der Waals surface area contributed by atoms with E-state index in [9.17, 15) is 27.6 Å². The van der Waals surface area contributed by atoms with Crippen molar-refractivity contribution in [3.63, 3.8) is 0 Å². The highest BCUT2D eigenvalue weighted by molar-refractivity contribution is 6.31.